The maximum Gasteiger partial charge on any atom is 0.270 e. The number of fused-ring (bicyclic) bond motifs is 3. The van der Waals surface area contributed by atoms with E-state index in [1.54, 1.807) is 19.2 Å². The lowest BCUT2D eigenvalue weighted by molar-refractivity contribution is 0.0992. The van der Waals surface area contributed by atoms with Crippen LogP contribution in [0.5, 0.6) is 5.75 Å². The van der Waals surface area contributed by atoms with E-state index in [1.165, 1.54) is 6.07 Å². The molecule has 2 bridgehead atoms. The molecule has 0 aromatic heterocycles. The Kier molecular flexibility index (Phi) is 3.23. The Morgan fingerprint density at radius 2 is 2.04 bits per heavy atom. The summed E-state index contributed by atoms with van der Waals surface area (Å²) in [6.45, 7) is 1.97. The lowest BCUT2D eigenvalue weighted by Crippen LogP contribution is -2.06. The molecule has 1 N–H and O–H groups in total. The lowest BCUT2D eigenvalue weighted by Gasteiger charge is -2.16. The lowest BCUT2D eigenvalue weighted by atomic mass is 9.89. The van der Waals surface area contributed by atoms with Crippen molar-refractivity contribution in [2.75, 3.05) is 7.11 Å². The molecule has 0 spiro atoms. The predicted octanol–water partition coefficient (Wildman–Crippen LogP) is 3.98. The highest BCUT2D eigenvalue weighted by Gasteiger charge is 2.29. The Hall–Kier alpha value is -2.62. The van der Waals surface area contributed by atoms with Crippen molar-refractivity contribution < 1.29 is 13.9 Å². The second kappa shape index (κ2) is 5.20. The van der Waals surface area contributed by atoms with E-state index in [2.05, 4.69) is 0 Å². The number of amides is 1. The Bertz CT molecular complexity index is 928. The zero-order valence-electron chi connectivity index (χ0n) is 13.6. The Morgan fingerprint density at radius 3 is 2.75 bits per heavy atom. The van der Waals surface area contributed by atoms with Crippen molar-refractivity contribution >= 4 is 12.0 Å². The van der Waals surface area contributed by atoms with Gasteiger partial charge in [0.05, 0.1) is 7.11 Å². The minimum absolute atomic E-state index is 0.222. The van der Waals surface area contributed by atoms with Gasteiger partial charge in [-0.3, -0.25) is 10.5 Å². The van der Waals surface area contributed by atoms with Gasteiger partial charge in [-0.05, 0) is 60.6 Å². The summed E-state index contributed by atoms with van der Waals surface area (Å²) in [5, 5.41) is 0. The SMILES string of the molecule is COc1c2cc(C([NH])=O)c(-c3ccc(F)c4c3C=C(C)C4)c1CC2. The molecule has 0 heterocycles. The third-order valence-corrected chi connectivity index (χ3v) is 4.96. The number of allylic oxidation sites excluding steroid dienone is 1. The summed E-state index contributed by atoms with van der Waals surface area (Å²) in [6.07, 6.45) is 4.14. The molecule has 4 rings (SSSR count). The van der Waals surface area contributed by atoms with E-state index in [0.29, 0.717) is 17.5 Å². The van der Waals surface area contributed by atoms with Crippen molar-refractivity contribution in [1.29, 1.82) is 0 Å². The van der Waals surface area contributed by atoms with Gasteiger partial charge in [-0.15, -0.1) is 0 Å². The second-order valence-corrected chi connectivity index (χ2v) is 6.45. The summed E-state index contributed by atoms with van der Waals surface area (Å²) in [5.74, 6) is -0.138. The summed E-state index contributed by atoms with van der Waals surface area (Å²) in [5.41, 5.74) is 14.1. The van der Waals surface area contributed by atoms with Crippen molar-refractivity contribution in [2.24, 2.45) is 0 Å². The Labute approximate surface area is 139 Å². The summed E-state index contributed by atoms with van der Waals surface area (Å²) < 4.78 is 19.7. The molecular formula is C20H17FNO2. The zero-order chi connectivity index (χ0) is 17.0. The van der Waals surface area contributed by atoms with Crippen LogP contribution in [0.15, 0.2) is 23.8 Å². The third kappa shape index (κ3) is 1.99. The van der Waals surface area contributed by atoms with Gasteiger partial charge in [-0.25, -0.2) is 4.39 Å². The van der Waals surface area contributed by atoms with E-state index in [0.717, 1.165) is 52.0 Å². The first-order chi connectivity index (χ1) is 11.5. The van der Waals surface area contributed by atoms with Crippen LogP contribution in [0, 0.1) is 5.82 Å². The number of ether oxygens (including phenoxy) is 1. The first-order valence-electron chi connectivity index (χ1n) is 7.99. The van der Waals surface area contributed by atoms with Crippen LogP contribution >= 0.6 is 0 Å². The molecule has 3 nitrogen and oxygen atoms in total. The maximum atomic E-state index is 14.2. The molecule has 1 amide bonds. The Balaban J connectivity index is 2.07. The molecule has 0 fully saturated rings. The number of nitrogens with one attached hydrogen (secondary N) is 1. The maximum absolute atomic E-state index is 14.2. The Morgan fingerprint density at radius 1 is 1.25 bits per heavy atom. The van der Waals surface area contributed by atoms with Crippen LogP contribution < -0.4 is 10.5 Å². The topological polar surface area (TPSA) is 50.1 Å². The van der Waals surface area contributed by atoms with E-state index >= 15 is 0 Å². The van der Waals surface area contributed by atoms with Gasteiger partial charge in [0, 0.05) is 16.7 Å². The van der Waals surface area contributed by atoms with Crippen molar-refractivity contribution in [3.05, 3.63) is 57.4 Å². The van der Waals surface area contributed by atoms with Gasteiger partial charge in [0.2, 0.25) is 0 Å². The van der Waals surface area contributed by atoms with Crippen molar-refractivity contribution in [3.8, 4) is 16.9 Å². The minimum atomic E-state index is -0.714. The number of hydrogen-bond acceptors (Lipinski definition) is 2. The van der Waals surface area contributed by atoms with Gasteiger partial charge in [-0.1, -0.05) is 17.7 Å². The molecule has 2 aliphatic rings. The molecule has 0 saturated heterocycles. The number of carbonyl (C=O) groups is 1. The minimum Gasteiger partial charge on any atom is -0.496 e. The van der Waals surface area contributed by atoms with E-state index < -0.39 is 5.91 Å². The van der Waals surface area contributed by atoms with Crippen molar-refractivity contribution in [1.82, 2.24) is 5.73 Å². The number of halogens is 1. The number of hydrogen-bond donors (Lipinski definition) is 0. The molecule has 4 heteroatoms. The largest absolute Gasteiger partial charge is 0.496 e. The number of aryl methyl sites for hydroxylation is 1. The molecule has 1 radical (unpaired) electrons. The highest BCUT2D eigenvalue weighted by atomic mass is 19.1. The normalized spacial score (nSPS) is 14.5. The van der Waals surface area contributed by atoms with Crippen LogP contribution in [0.1, 0.15) is 39.5 Å². The molecule has 2 aromatic rings. The third-order valence-electron chi connectivity index (χ3n) is 4.96. The standard InChI is InChI=1S/C20H17FNO2/c1-10-7-14-12(5-6-17(21)15(14)8-10)18-13-4-3-11(19(13)24-2)9-16(18)20(22)23/h5-7,9,22H,3-4,8H2,1-2H3. The first-order valence-corrected chi connectivity index (χ1v) is 7.99. The van der Waals surface area contributed by atoms with Crippen molar-refractivity contribution in [3.63, 3.8) is 0 Å². The van der Waals surface area contributed by atoms with Crippen molar-refractivity contribution in [2.45, 2.75) is 26.2 Å². The molecule has 2 aromatic carbocycles. The van der Waals surface area contributed by atoms with Crippen LogP contribution in [0.4, 0.5) is 4.39 Å². The molecule has 2 aliphatic carbocycles. The van der Waals surface area contributed by atoms with Crippen LogP contribution in [0.3, 0.4) is 0 Å². The van der Waals surface area contributed by atoms with Crippen LogP contribution in [0.25, 0.3) is 17.2 Å². The van der Waals surface area contributed by atoms with E-state index in [1.807, 2.05) is 13.0 Å². The monoisotopic (exact) mass is 322 g/mol. The number of rotatable bonds is 3. The smallest absolute Gasteiger partial charge is 0.270 e. The average molecular weight is 322 g/mol. The van der Waals surface area contributed by atoms with Crippen LogP contribution in [-0.2, 0) is 19.3 Å². The molecule has 0 unspecified atom stereocenters. The first kappa shape index (κ1) is 14.9. The number of carbonyl (C=O) groups excluding carboxylic acids is 1. The number of methoxy groups -OCH3 is 1. The van der Waals surface area contributed by atoms with Crippen LogP contribution in [-0.4, -0.2) is 13.0 Å². The number of benzene rings is 2. The fraction of sp³-hybridized carbons (Fsp3) is 0.250. The molecule has 24 heavy (non-hydrogen) atoms. The summed E-state index contributed by atoms with van der Waals surface area (Å²) >= 11 is 0. The van der Waals surface area contributed by atoms with Gasteiger partial charge < -0.3 is 4.74 Å². The van der Waals surface area contributed by atoms with Gasteiger partial charge in [0.25, 0.3) is 5.91 Å². The van der Waals surface area contributed by atoms with Gasteiger partial charge in [0.1, 0.15) is 11.6 Å². The highest BCUT2D eigenvalue weighted by molar-refractivity contribution is 6.03. The predicted molar refractivity (Wildman–Crippen MR) is 90.6 cm³/mol. The fourth-order valence-electron chi connectivity index (χ4n) is 3.98. The van der Waals surface area contributed by atoms with E-state index in [9.17, 15) is 9.18 Å². The quantitative estimate of drug-likeness (QED) is 0.858. The zero-order valence-corrected chi connectivity index (χ0v) is 13.6. The molecule has 0 aliphatic heterocycles. The molecule has 0 saturated carbocycles. The van der Waals surface area contributed by atoms with E-state index in [4.69, 9.17) is 10.5 Å². The van der Waals surface area contributed by atoms with E-state index in [-0.39, 0.29) is 5.82 Å². The van der Waals surface area contributed by atoms with Gasteiger partial charge >= 0.3 is 0 Å². The second-order valence-electron chi connectivity index (χ2n) is 6.45. The summed E-state index contributed by atoms with van der Waals surface area (Å²) in [7, 11) is 1.62. The molecule has 121 valence electrons. The average Bonchev–Trinajstić information content (AvgIpc) is 3.07. The van der Waals surface area contributed by atoms with Crippen LogP contribution in [0.2, 0.25) is 0 Å². The summed E-state index contributed by atoms with van der Waals surface area (Å²) in [6, 6.07) is 4.95. The summed E-state index contributed by atoms with van der Waals surface area (Å²) in [4.78, 5) is 11.9. The van der Waals surface area contributed by atoms with Gasteiger partial charge in [0.15, 0.2) is 0 Å². The molecule has 0 atom stereocenters. The fourth-order valence-corrected chi connectivity index (χ4v) is 3.98. The van der Waals surface area contributed by atoms with Gasteiger partial charge in [-0.2, -0.15) is 0 Å². The molecular weight excluding hydrogens is 305 g/mol. The highest BCUT2D eigenvalue weighted by Crippen LogP contribution is 2.45.